The second kappa shape index (κ2) is 11.5. The zero-order valence-electron chi connectivity index (χ0n) is 18.6. The fourth-order valence-electron chi connectivity index (χ4n) is 3.34. The van der Waals surface area contributed by atoms with Crippen molar-refractivity contribution in [3.63, 3.8) is 0 Å². The summed E-state index contributed by atoms with van der Waals surface area (Å²) in [5.74, 6) is 1.79. The second-order valence-electron chi connectivity index (χ2n) is 7.51. The molecule has 0 spiro atoms. The largest absolute Gasteiger partial charge is 0.493 e. The topological polar surface area (TPSA) is 78.4 Å². The molecule has 0 aliphatic carbocycles. The highest BCUT2D eigenvalue weighted by atomic mass is 35.5. The van der Waals surface area contributed by atoms with Crippen LogP contribution in [0.25, 0.3) is 0 Å². The lowest BCUT2D eigenvalue weighted by molar-refractivity contribution is -0.120. The van der Waals surface area contributed by atoms with Crippen molar-refractivity contribution in [2.45, 2.75) is 13.0 Å². The molecule has 1 aliphatic rings. The van der Waals surface area contributed by atoms with Gasteiger partial charge in [0.05, 0.1) is 24.8 Å². The molecule has 4 rings (SSSR count). The normalized spacial score (nSPS) is 12.5. The van der Waals surface area contributed by atoms with E-state index < -0.39 is 0 Å². The predicted molar refractivity (Wildman–Crippen MR) is 136 cm³/mol. The van der Waals surface area contributed by atoms with E-state index in [1.54, 1.807) is 42.5 Å². The van der Waals surface area contributed by atoms with Crippen LogP contribution in [0.1, 0.15) is 16.7 Å². The van der Waals surface area contributed by atoms with Crippen molar-refractivity contribution in [1.82, 2.24) is 5.43 Å². The lowest BCUT2D eigenvalue weighted by Crippen LogP contribution is -2.20. The minimum absolute atomic E-state index is 0.137. The minimum atomic E-state index is -0.282. The smallest absolute Gasteiger partial charge is 0.244 e. The predicted octanol–water partition coefficient (Wildman–Crippen LogP) is 5.70. The first-order valence-corrected chi connectivity index (χ1v) is 11.7. The van der Waals surface area contributed by atoms with E-state index in [4.69, 9.17) is 53.8 Å². The van der Waals surface area contributed by atoms with Gasteiger partial charge in [-0.25, -0.2) is 5.43 Å². The van der Waals surface area contributed by atoms with Crippen LogP contribution in [0, 0.1) is 0 Å². The summed E-state index contributed by atoms with van der Waals surface area (Å²) in [5, 5.41) is 5.36. The highest BCUT2D eigenvalue weighted by Gasteiger charge is 2.14. The standard InChI is InChI=1S/C25H21Cl3N2O5/c1-32-23-10-16(8-20(28)25(23)35-14-17-3-4-18(26)12-19(17)27)13-29-30-24(31)11-15-2-5-21-22(9-15)34-7-6-33-21/h2-5,8-10,12-13H,6-7,11,14H2,1H3,(H,30,31)/b29-13+. The molecular formula is C25H21Cl3N2O5. The van der Waals surface area contributed by atoms with Crippen molar-refractivity contribution in [2.24, 2.45) is 5.10 Å². The average Bonchev–Trinajstić information content (AvgIpc) is 2.84. The van der Waals surface area contributed by atoms with Crippen molar-refractivity contribution in [3.05, 3.63) is 80.3 Å². The van der Waals surface area contributed by atoms with Crippen LogP contribution in [-0.4, -0.2) is 32.4 Å². The number of nitrogens with one attached hydrogen (secondary N) is 1. The number of ether oxygens (including phenoxy) is 4. The lowest BCUT2D eigenvalue weighted by atomic mass is 10.1. The maximum atomic E-state index is 12.3. The molecule has 182 valence electrons. The fraction of sp³-hybridized carbons (Fsp3) is 0.200. The van der Waals surface area contributed by atoms with Crippen LogP contribution in [-0.2, 0) is 17.8 Å². The second-order valence-corrected chi connectivity index (χ2v) is 8.76. The molecule has 0 saturated carbocycles. The molecule has 0 radical (unpaired) electrons. The highest BCUT2D eigenvalue weighted by Crippen LogP contribution is 2.37. The number of hydrazone groups is 1. The number of fused-ring (bicyclic) bond motifs is 1. The molecule has 0 atom stereocenters. The van der Waals surface area contributed by atoms with E-state index in [9.17, 15) is 4.79 Å². The number of hydrogen-bond donors (Lipinski definition) is 1. The number of nitrogens with zero attached hydrogens (tertiary/aromatic N) is 1. The van der Waals surface area contributed by atoms with E-state index in [2.05, 4.69) is 10.5 Å². The number of rotatable bonds is 8. The summed E-state index contributed by atoms with van der Waals surface area (Å²) in [6.45, 7) is 1.17. The molecule has 1 N–H and O–H groups in total. The van der Waals surface area contributed by atoms with Crippen LogP contribution < -0.4 is 24.4 Å². The third kappa shape index (κ3) is 6.51. The van der Waals surface area contributed by atoms with Crippen LogP contribution >= 0.6 is 34.8 Å². The summed E-state index contributed by atoms with van der Waals surface area (Å²) in [6, 6.07) is 13.9. The number of halogens is 3. The van der Waals surface area contributed by atoms with E-state index >= 15 is 0 Å². The van der Waals surface area contributed by atoms with Gasteiger partial charge in [-0.1, -0.05) is 46.9 Å². The zero-order valence-corrected chi connectivity index (χ0v) is 20.9. The van der Waals surface area contributed by atoms with Crippen LogP contribution in [0.4, 0.5) is 0 Å². The Kier molecular flexibility index (Phi) is 8.23. The summed E-state index contributed by atoms with van der Waals surface area (Å²) >= 11 is 18.6. The number of carbonyl (C=O) groups excluding carboxylic acids is 1. The molecule has 1 heterocycles. The van der Waals surface area contributed by atoms with Gasteiger partial charge in [-0.2, -0.15) is 5.10 Å². The summed E-state index contributed by atoms with van der Waals surface area (Å²) in [6.07, 6.45) is 1.61. The number of hydrogen-bond acceptors (Lipinski definition) is 6. The Morgan fingerprint density at radius 3 is 2.60 bits per heavy atom. The first-order chi connectivity index (χ1) is 16.9. The highest BCUT2D eigenvalue weighted by molar-refractivity contribution is 6.35. The van der Waals surface area contributed by atoms with Gasteiger partial charge in [-0.15, -0.1) is 0 Å². The molecule has 1 aliphatic heterocycles. The lowest BCUT2D eigenvalue weighted by Gasteiger charge is -2.18. The summed E-state index contributed by atoms with van der Waals surface area (Å²) in [5.41, 5.74) is 4.66. The Morgan fingerprint density at radius 1 is 1.03 bits per heavy atom. The Labute approximate surface area is 217 Å². The molecule has 10 heteroatoms. The van der Waals surface area contributed by atoms with Gasteiger partial charge in [-0.3, -0.25) is 4.79 Å². The van der Waals surface area contributed by atoms with E-state index in [1.807, 2.05) is 6.07 Å². The van der Waals surface area contributed by atoms with Crippen LogP contribution in [0.3, 0.4) is 0 Å². The molecule has 7 nitrogen and oxygen atoms in total. The quantitative estimate of drug-likeness (QED) is 0.296. The van der Waals surface area contributed by atoms with E-state index in [0.29, 0.717) is 56.8 Å². The Balaban J connectivity index is 1.37. The van der Waals surface area contributed by atoms with Gasteiger partial charge >= 0.3 is 0 Å². The number of amides is 1. The molecular weight excluding hydrogens is 515 g/mol. The molecule has 35 heavy (non-hydrogen) atoms. The molecule has 0 aromatic heterocycles. The van der Waals surface area contributed by atoms with Gasteiger partial charge in [0.2, 0.25) is 5.91 Å². The Bertz CT molecular complexity index is 1270. The van der Waals surface area contributed by atoms with Crippen molar-refractivity contribution < 1.29 is 23.7 Å². The number of benzene rings is 3. The maximum absolute atomic E-state index is 12.3. The Hall–Kier alpha value is -3.13. The van der Waals surface area contributed by atoms with E-state index in [0.717, 1.165) is 11.1 Å². The maximum Gasteiger partial charge on any atom is 0.244 e. The average molecular weight is 536 g/mol. The minimum Gasteiger partial charge on any atom is -0.493 e. The van der Waals surface area contributed by atoms with Crippen molar-refractivity contribution >= 4 is 46.9 Å². The SMILES string of the molecule is COc1cc(/C=N/NC(=O)Cc2ccc3c(c2)OCCO3)cc(Cl)c1OCc1ccc(Cl)cc1Cl. The van der Waals surface area contributed by atoms with Crippen molar-refractivity contribution in [2.75, 3.05) is 20.3 Å². The molecule has 3 aromatic carbocycles. The van der Waals surface area contributed by atoms with E-state index in [-0.39, 0.29) is 18.9 Å². The third-order valence-electron chi connectivity index (χ3n) is 5.01. The summed E-state index contributed by atoms with van der Waals surface area (Å²) < 4.78 is 22.3. The monoisotopic (exact) mass is 534 g/mol. The number of carbonyl (C=O) groups is 1. The zero-order chi connectivity index (χ0) is 24.8. The van der Waals surface area contributed by atoms with Crippen LogP contribution in [0.2, 0.25) is 15.1 Å². The van der Waals surface area contributed by atoms with Gasteiger partial charge in [0.25, 0.3) is 0 Å². The first kappa shape index (κ1) is 25.0. The molecule has 0 bridgehead atoms. The molecule has 0 unspecified atom stereocenters. The van der Waals surface area contributed by atoms with Crippen molar-refractivity contribution in [3.8, 4) is 23.0 Å². The Morgan fingerprint density at radius 2 is 1.83 bits per heavy atom. The third-order valence-corrected chi connectivity index (χ3v) is 5.88. The van der Waals surface area contributed by atoms with Crippen molar-refractivity contribution in [1.29, 1.82) is 0 Å². The molecule has 3 aromatic rings. The first-order valence-electron chi connectivity index (χ1n) is 10.6. The van der Waals surface area contributed by atoms with Gasteiger partial charge in [-0.05, 0) is 47.5 Å². The molecule has 0 fully saturated rings. The van der Waals surface area contributed by atoms with Gasteiger partial charge < -0.3 is 18.9 Å². The van der Waals surface area contributed by atoms with Crippen LogP contribution in [0.15, 0.2) is 53.6 Å². The van der Waals surface area contributed by atoms with Crippen LogP contribution in [0.5, 0.6) is 23.0 Å². The van der Waals surface area contributed by atoms with E-state index in [1.165, 1.54) is 13.3 Å². The van der Waals surface area contributed by atoms with Gasteiger partial charge in [0.15, 0.2) is 23.0 Å². The molecule has 0 saturated heterocycles. The summed E-state index contributed by atoms with van der Waals surface area (Å²) in [7, 11) is 1.50. The van der Waals surface area contributed by atoms with Gasteiger partial charge in [0.1, 0.15) is 19.8 Å². The number of methoxy groups -OCH3 is 1. The fourth-order valence-corrected chi connectivity index (χ4v) is 4.08. The molecule has 1 amide bonds. The van der Waals surface area contributed by atoms with Gasteiger partial charge in [0, 0.05) is 15.6 Å². The summed E-state index contributed by atoms with van der Waals surface area (Å²) in [4.78, 5) is 12.3.